The van der Waals surface area contributed by atoms with Crippen molar-refractivity contribution in [3.05, 3.63) is 21.3 Å². The van der Waals surface area contributed by atoms with E-state index in [0.29, 0.717) is 0 Å². The van der Waals surface area contributed by atoms with Crippen LogP contribution in [0.2, 0.25) is 35.6 Å². The Hall–Kier alpha value is 0.385. The Bertz CT molecular complexity index is 261. The standard InChI is InChI=1S/C8H13Si.3CH3.Pt/c1-9(2,3)8-6-4-5-7-8;;;;/h4,6H,5H2,1-3H3;3*1H3;. The third-order valence-corrected chi connectivity index (χ3v) is 10.0. The Morgan fingerprint density at radius 1 is 1.15 bits per heavy atom. The zero-order valence-corrected chi connectivity index (χ0v) is 13.0. The van der Waals surface area contributed by atoms with Crippen LogP contribution in [0.4, 0.5) is 0 Å². The average Bonchev–Trinajstić information content (AvgIpc) is 2.27. The van der Waals surface area contributed by atoms with Crippen LogP contribution >= 0.6 is 0 Å². The summed E-state index contributed by atoms with van der Waals surface area (Å²) in [7, 11) is -1.06. The Morgan fingerprint density at radius 3 is 2.00 bits per heavy atom. The Morgan fingerprint density at radius 2 is 1.69 bits per heavy atom. The molecule has 0 saturated carbocycles. The number of allylic oxidation sites excluding steroid dienone is 4. The third kappa shape index (κ3) is 2.67. The van der Waals surface area contributed by atoms with Gasteiger partial charge < -0.3 is 0 Å². The van der Waals surface area contributed by atoms with Gasteiger partial charge in [0.2, 0.25) is 0 Å². The van der Waals surface area contributed by atoms with Crippen molar-refractivity contribution in [1.29, 1.82) is 0 Å². The first kappa shape index (κ1) is 11.5. The monoisotopic (exact) mass is 377 g/mol. The SMILES string of the molecule is C[Si](C)(C)C1=[C]([Pt]([CH3])([CH3])[CH3])CC=C1. The van der Waals surface area contributed by atoms with Gasteiger partial charge in [0.05, 0.1) is 0 Å². The molecule has 80 valence electrons. The molecule has 0 amide bonds. The molecule has 0 aliphatic heterocycles. The van der Waals surface area contributed by atoms with E-state index >= 15 is 0 Å². The maximum atomic E-state index is 2.51. The van der Waals surface area contributed by atoms with Gasteiger partial charge in [0, 0.05) is 0 Å². The summed E-state index contributed by atoms with van der Waals surface area (Å²) in [6, 6.07) is 0. The molecule has 0 radical (unpaired) electrons. The van der Waals surface area contributed by atoms with Crippen molar-refractivity contribution in [3.63, 3.8) is 0 Å². The van der Waals surface area contributed by atoms with Crippen LogP contribution in [0.15, 0.2) is 21.3 Å². The van der Waals surface area contributed by atoms with Crippen LogP contribution < -0.4 is 0 Å². The summed E-state index contributed by atoms with van der Waals surface area (Å²) < 4.78 is 1.85. The predicted octanol–water partition coefficient (Wildman–Crippen LogP) is 4.38. The molecule has 1 rings (SSSR count). The molecular weight excluding hydrogens is 355 g/mol. The molecule has 0 aromatic rings. The molecule has 0 atom stereocenters. The quantitative estimate of drug-likeness (QED) is 0.627. The van der Waals surface area contributed by atoms with Gasteiger partial charge in [-0.05, 0) is 0 Å². The Kier molecular flexibility index (Phi) is 3.09. The van der Waals surface area contributed by atoms with Crippen LogP contribution in [0.3, 0.4) is 0 Å². The van der Waals surface area contributed by atoms with E-state index in [2.05, 4.69) is 47.7 Å². The fourth-order valence-corrected chi connectivity index (χ4v) is 11.2. The Balaban J connectivity index is 3.10. The van der Waals surface area contributed by atoms with Gasteiger partial charge in [0.15, 0.2) is 0 Å². The zero-order valence-electron chi connectivity index (χ0n) is 9.68. The minimum absolute atomic E-state index is 1.06. The van der Waals surface area contributed by atoms with E-state index in [9.17, 15) is 0 Å². The van der Waals surface area contributed by atoms with E-state index in [1.165, 1.54) is 6.42 Å². The summed E-state index contributed by atoms with van der Waals surface area (Å²) in [5.74, 6) is 0. The molecule has 13 heavy (non-hydrogen) atoms. The van der Waals surface area contributed by atoms with Gasteiger partial charge in [0.1, 0.15) is 0 Å². The van der Waals surface area contributed by atoms with Crippen molar-refractivity contribution in [2.75, 3.05) is 0 Å². The second-order valence-electron chi connectivity index (χ2n) is 5.06. The van der Waals surface area contributed by atoms with Crippen LogP contribution in [0.1, 0.15) is 6.42 Å². The molecule has 0 heterocycles. The van der Waals surface area contributed by atoms with Crippen LogP contribution in [-0.4, -0.2) is 8.07 Å². The molecule has 0 spiro atoms. The molecule has 0 aromatic carbocycles. The van der Waals surface area contributed by atoms with Crippen LogP contribution in [0.5, 0.6) is 0 Å². The fraction of sp³-hybridized carbons (Fsp3) is 0.636. The van der Waals surface area contributed by atoms with Gasteiger partial charge in [-0.3, -0.25) is 0 Å². The topological polar surface area (TPSA) is 0 Å². The van der Waals surface area contributed by atoms with Gasteiger partial charge >= 0.3 is 87.4 Å². The normalized spacial score (nSPS) is 19.8. The Labute approximate surface area is 87.3 Å². The maximum absolute atomic E-state index is 2.51. The average molecular weight is 377 g/mol. The fourth-order valence-electron chi connectivity index (χ4n) is 1.55. The summed E-state index contributed by atoms with van der Waals surface area (Å²) in [5.41, 5.74) is 0. The van der Waals surface area contributed by atoms with Gasteiger partial charge in [-0.2, -0.15) is 0 Å². The van der Waals surface area contributed by atoms with Crippen molar-refractivity contribution >= 4 is 8.07 Å². The van der Waals surface area contributed by atoms with E-state index in [1.807, 2.05) is 3.96 Å². The molecule has 0 fully saturated rings. The van der Waals surface area contributed by atoms with Gasteiger partial charge in [-0.15, -0.1) is 0 Å². The van der Waals surface area contributed by atoms with Gasteiger partial charge in [-0.1, -0.05) is 0 Å². The van der Waals surface area contributed by atoms with Crippen LogP contribution in [0, 0.1) is 0 Å². The van der Waals surface area contributed by atoms with Crippen LogP contribution in [0.25, 0.3) is 0 Å². The van der Waals surface area contributed by atoms with Gasteiger partial charge in [0.25, 0.3) is 0 Å². The first-order valence-corrected chi connectivity index (χ1v) is 15.9. The summed E-state index contributed by atoms with van der Waals surface area (Å²) in [5, 5.41) is 9.29. The third-order valence-electron chi connectivity index (χ3n) is 2.23. The molecule has 2 heteroatoms. The molecule has 0 aromatic heterocycles. The number of hydrogen-bond donors (Lipinski definition) is 0. The first-order chi connectivity index (χ1) is 5.73. The molecule has 0 saturated heterocycles. The summed E-state index contributed by atoms with van der Waals surface area (Å²) >= 11 is -1.47. The summed E-state index contributed by atoms with van der Waals surface area (Å²) in [6.45, 7) is 7.39. The first-order valence-electron chi connectivity index (χ1n) is 4.49. The van der Waals surface area contributed by atoms with Crippen molar-refractivity contribution in [1.82, 2.24) is 0 Å². The molecule has 0 N–H and O–H groups in total. The van der Waals surface area contributed by atoms with Crippen molar-refractivity contribution < 1.29 is 16.1 Å². The van der Waals surface area contributed by atoms with E-state index in [0.717, 1.165) is 0 Å². The van der Waals surface area contributed by atoms with Crippen molar-refractivity contribution in [3.8, 4) is 0 Å². The second-order valence-corrected chi connectivity index (χ2v) is 21.7. The molecule has 0 bridgehead atoms. The number of rotatable bonds is 2. The second kappa shape index (κ2) is 3.51. The van der Waals surface area contributed by atoms with E-state index in [-0.39, 0.29) is 0 Å². The number of hydrogen-bond acceptors (Lipinski definition) is 0. The van der Waals surface area contributed by atoms with Crippen molar-refractivity contribution in [2.24, 2.45) is 0 Å². The molecule has 0 unspecified atom stereocenters. The summed E-state index contributed by atoms with van der Waals surface area (Å²) in [6.07, 6.45) is 6.05. The van der Waals surface area contributed by atoms with E-state index < -0.39 is 24.1 Å². The molecule has 0 nitrogen and oxygen atoms in total. The summed E-state index contributed by atoms with van der Waals surface area (Å²) in [4.78, 5) is 0. The molecular formula is C11H22PtSi. The minimum atomic E-state index is -1.47. The molecule has 1 aliphatic rings. The molecule has 1 aliphatic carbocycles. The van der Waals surface area contributed by atoms with E-state index in [1.54, 1.807) is 5.20 Å². The van der Waals surface area contributed by atoms with Crippen LogP contribution in [-0.2, 0) is 16.1 Å². The van der Waals surface area contributed by atoms with Gasteiger partial charge in [-0.25, -0.2) is 0 Å². The zero-order chi connectivity index (χ0) is 10.3. The predicted molar refractivity (Wildman–Crippen MR) is 61.7 cm³/mol. The van der Waals surface area contributed by atoms with Crippen molar-refractivity contribution in [2.45, 2.75) is 42.0 Å². The van der Waals surface area contributed by atoms with E-state index in [4.69, 9.17) is 0 Å².